The number of likely N-dealkylation sites (tertiary alicyclic amines) is 2. The molecule has 0 spiro atoms. The number of furan rings is 1. The third-order valence-corrected chi connectivity index (χ3v) is 7.56. The van der Waals surface area contributed by atoms with Crippen LogP contribution in [0.15, 0.2) is 59.0 Å². The SMILES string of the molecule is CC(C)C[C@H](NC(=O)c1ccc(N(C)C)cc1)C(=O)N1CC[C@@H]2C1C(=O)CN2C(=O)c1cc2ccccc2o1. The number of nitrogens with one attached hydrogen (secondary N) is 1. The summed E-state index contributed by atoms with van der Waals surface area (Å²) in [5.74, 6) is -0.840. The number of amides is 3. The summed E-state index contributed by atoms with van der Waals surface area (Å²) in [6.45, 7) is 4.24. The Hall–Kier alpha value is -4.14. The van der Waals surface area contributed by atoms with E-state index >= 15 is 0 Å². The lowest BCUT2D eigenvalue weighted by Gasteiger charge is -2.29. The maximum Gasteiger partial charge on any atom is 0.290 e. The van der Waals surface area contributed by atoms with Crippen LogP contribution in [0.3, 0.4) is 0 Å². The number of rotatable bonds is 7. The van der Waals surface area contributed by atoms with Crippen LogP contribution < -0.4 is 10.2 Å². The molecular formula is C30H34N4O5. The topological polar surface area (TPSA) is 103 Å². The fourth-order valence-corrected chi connectivity index (χ4v) is 5.61. The lowest BCUT2D eigenvalue weighted by Crippen LogP contribution is -2.53. The molecule has 1 N–H and O–H groups in total. The molecule has 2 aliphatic rings. The highest BCUT2D eigenvalue weighted by atomic mass is 16.3. The molecule has 204 valence electrons. The lowest BCUT2D eigenvalue weighted by atomic mass is 10.0. The number of anilines is 1. The zero-order valence-electron chi connectivity index (χ0n) is 22.7. The van der Waals surface area contributed by atoms with Gasteiger partial charge in [0.2, 0.25) is 5.91 Å². The minimum atomic E-state index is -0.780. The zero-order valence-corrected chi connectivity index (χ0v) is 22.7. The van der Waals surface area contributed by atoms with Gasteiger partial charge in [-0.05, 0) is 55.2 Å². The van der Waals surface area contributed by atoms with Crippen LogP contribution in [0.2, 0.25) is 0 Å². The Morgan fingerprint density at radius 2 is 1.77 bits per heavy atom. The summed E-state index contributed by atoms with van der Waals surface area (Å²) in [7, 11) is 3.84. The average Bonchev–Trinajstić information content (AvgIpc) is 3.62. The van der Waals surface area contributed by atoms with Crippen molar-refractivity contribution in [1.82, 2.24) is 15.1 Å². The van der Waals surface area contributed by atoms with Crippen molar-refractivity contribution in [3.05, 3.63) is 65.9 Å². The van der Waals surface area contributed by atoms with Gasteiger partial charge in [0.1, 0.15) is 17.7 Å². The van der Waals surface area contributed by atoms with Crippen LogP contribution in [-0.2, 0) is 9.59 Å². The van der Waals surface area contributed by atoms with Crippen LogP contribution in [0.5, 0.6) is 0 Å². The summed E-state index contributed by atoms with van der Waals surface area (Å²) in [5.41, 5.74) is 2.03. The average molecular weight is 531 g/mol. The number of Topliss-reactive ketones (excluding diaryl/α,β-unsaturated/α-hetero) is 1. The lowest BCUT2D eigenvalue weighted by molar-refractivity contribution is -0.138. The monoisotopic (exact) mass is 530 g/mol. The summed E-state index contributed by atoms with van der Waals surface area (Å²) in [5, 5.41) is 3.72. The predicted molar refractivity (Wildman–Crippen MR) is 148 cm³/mol. The van der Waals surface area contributed by atoms with E-state index < -0.39 is 18.1 Å². The Kier molecular flexibility index (Phi) is 7.16. The van der Waals surface area contributed by atoms with Gasteiger partial charge >= 0.3 is 0 Å². The molecule has 3 atom stereocenters. The number of hydrogen-bond acceptors (Lipinski definition) is 6. The Morgan fingerprint density at radius 3 is 2.44 bits per heavy atom. The van der Waals surface area contributed by atoms with Gasteiger partial charge < -0.3 is 24.4 Å². The molecule has 3 amide bonds. The molecular weight excluding hydrogens is 496 g/mol. The van der Waals surface area contributed by atoms with Crippen molar-refractivity contribution < 1.29 is 23.6 Å². The fraction of sp³-hybridized carbons (Fsp3) is 0.400. The second-order valence-electron chi connectivity index (χ2n) is 11.0. The van der Waals surface area contributed by atoms with Crippen molar-refractivity contribution in [2.75, 3.05) is 32.1 Å². The highest BCUT2D eigenvalue weighted by Crippen LogP contribution is 2.32. The van der Waals surface area contributed by atoms with Crippen molar-refractivity contribution in [2.45, 2.75) is 44.8 Å². The first-order valence-corrected chi connectivity index (χ1v) is 13.3. The second kappa shape index (κ2) is 10.6. The molecule has 3 heterocycles. The van der Waals surface area contributed by atoms with E-state index in [-0.39, 0.29) is 41.7 Å². The van der Waals surface area contributed by atoms with Crippen molar-refractivity contribution >= 4 is 40.2 Å². The van der Waals surface area contributed by atoms with Crippen LogP contribution in [0.25, 0.3) is 11.0 Å². The first-order chi connectivity index (χ1) is 18.6. The summed E-state index contributed by atoms with van der Waals surface area (Å²) in [4.78, 5) is 58.4. The number of para-hydroxylation sites is 1. The maximum atomic E-state index is 13.8. The smallest absolute Gasteiger partial charge is 0.290 e. The van der Waals surface area contributed by atoms with E-state index in [0.29, 0.717) is 30.5 Å². The Labute approximate surface area is 227 Å². The third kappa shape index (κ3) is 5.13. The highest BCUT2D eigenvalue weighted by Gasteiger charge is 2.52. The van der Waals surface area contributed by atoms with Gasteiger partial charge in [-0.25, -0.2) is 0 Å². The molecule has 3 aromatic rings. The third-order valence-electron chi connectivity index (χ3n) is 7.56. The molecule has 2 aromatic carbocycles. The zero-order chi connectivity index (χ0) is 27.8. The van der Waals surface area contributed by atoms with Gasteiger partial charge in [0, 0.05) is 37.3 Å². The quantitative estimate of drug-likeness (QED) is 0.503. The maximum absolute atomic E-state index is 13.8. The number of benzene rings is 2. The summed E-state index contributed by atoms with van der Waals surface area (Å²) < 4.78 is 5.76. The van der Waals surface area contributed by atoms with Crippen molar-refractivity contribution in [2.24, 2.45) is 5.92 Å². The van der Waals surface area contributed by atoms with Crippen molar-refractivity contribution in [1.29, 1.82) is 0 Å². The molecule has 1 unspecified atom stereocenters. The first-order valence-electron chi connectivity index (χ1n) is 13.3. The van der Waals surface area contributed by atoms with E-state index in [1.54, 1.807) is 29.2 Å². The van der Waals surface area contributed by atoms with Crippen LogP contribution in [0.1, 0.15) is 47.6 Å². The largest absolute Gasteiger partial charge is 0.451 e. The highest BCUT2D eigenvalue weighted by molar-refractivity contribution is 6.04. The van der Waals surface area contributed by atoms with Crippen molar-refractivity contribution in [3.8, 4) is 0 Å². The number of hydrogen-bond donors (Lipinski definition) is 1. The Balaban J connectivity index is 1.32. The molecule has 0 radical (unpaired) electrons. The van der Waals surface area contributed by atoms with Gasteiger partial charge in [-0.1, -0.05) is 32.0 Å². The molecule has 2 aliphatic heterocycles. The van der Waals surface area contributed by atoms with Crippen LogP contribution in [0.4, 0.5) is 5.69 Å². The van der Waals surface area contributed by atoms with E-state index in [4.69, 9.17) is 4.42 Å². The van der Waals surface area contributed by atoms with E-state index in [0.717, 1.165) is 11.1 Å². The van der Waals surface area contributed by atoms with Crippen LogP contribution in [-0.4, -0.2) is 78.6 Å². The van der Waals surface area contributed by atoms with Crippen molar-refractivity contribution in [3.63, 3.8) is 0 Å². The van der Waals surface area contributed by atoms with E-state index in [9.17, 15) is 19.2 Å². The summed E-state index contributed by atoms with van der Waals surface area (Å²) >= 11 is 0. The summed E-state index contributed by atoms with van der Waals surface area (Å²) in [6, 6.07) is 14.3. The number of fused-ring (bicyclic) bond motifs is 2. The van der Waals surface area contributed by atoms with Crippen LogP contribution in [0, 0.1) is 5.92 Å². The van der Waals surface area contributed by atoms with Gasteiger partial charge in [-0.15, -0.1) is 0 Å². The molecule has 0 bridgehead atoms. The Morgan fingerprint density at radius 1 is 1.05 bits per heavy atom. The molecule has 2 saturated heterocycles. The molecule has 39 heavy (non-hydrogen) atoms. The minimum Gasteiger partial charge on any atom is -0.451 e. The first kappa shape index (κ1) is 26.5. The normalized spacial score (nSPS) is 19.5. The fourth-order valence-electron chi connectivity index (χ4n) is 5.61. The molecule has 1 aromatic heterocycles. The minimum absolute atomic E-state index is 0.0750. The van der Waals surface area contributed by atoms with Gasteiger partial charge in [-0.2, -0.15) is 0 Å². The van der Waals surface area contributed by atoms with E-state index in [1.165, 1.54) is 4.90 Å². The molecule has 0 saturated carbocycles. The molecule has 9 heteroatoms. The number of ketones is 1. The number of nitrogens with zero attached hydrogens (tertiary/aromatic N) is 3. The van der Waals surface area contributed by atoms with Gasteiger partial charge in [-0.3, -0.25) is 19.2 Å². The molecule has 2 fully saturated rings. The number of carbonyl (C=O) groups excluding carboxylic acids is 4. The molecule has 0 aliphatic carbocycles. The number of carbonyl (C=O) groups is 4. The van der Waals surface area contributed by atoms with E-state index in [1.807, 2.05) is 63.2 Å². The van der Waals surface area contributed by atoms with Gasteiger partial charge in [0.15, 0.2) is 11.5 Å². The van der Waals surface area contributed by atoms with Crippen LogP contribution >= 0.6 is 0 Å². The van der Waals surface area contributed by atoms with Gasteiger partial charge in [0.25, 0.3) is 11.8 Å². The summed E-state index contributed by atoms with van der Waals surface area (Å²) in [6.07, 6.45) is 0.923. The molecule has 9 nitrogen and oxygen atoms in total. The second-order valence-corrected chi connectivity index (χ2v) is 11.0. The predicted octanol–water partition coefficient (Wildman–Crippen LogP) is 3.34. The standard InChI is InChI=1S/C30H34N4O5/c1-18(2)15-22(31-28(36)19-9-11-21(12-10-19)32(3)4)29(37)33-14-13-23-27(33)24(35)17-34(23)30(38)26-16-20-7-5-6-8-25(20)39-26/h5-12,16,18,22-23,27H,13-15,17H2,1-4H3,(H,31,36)/t22-,23+,27?/m0/s1. The van der Waals surface area contributed by atoms with E-state index in [2.05, 4.69) is 5.32 Å². The molecule has 5 rings (SSSR count). The Bertz CT molecular complexity index is 1380. The van der Waals surface area contributed by atoms with Gasteiger partial charge in [0.05, 0.1) is 12.6 Å².